The van der Waals surface area contributed by atoms with E-state index in [1.165, 1.54) is 16.4 Å². The van der Waals surface area contributed by atoms with E-state index < -0.39 is 20.9 Å². The number of anilines is 1. The summed E-state index contributed by atoms with van der Waals surface area (Å²) in [5.74, 6) is -0.139. The Kier molecular flexibility index (Phi) is 8.97. The van der Waals surface area contributed by atoms with Crippen LogP contribution in [-0.2, 0) is 14.8 Å². The van der Waals surface area contributed by atoms with Crippen molar-refractivity contribution in [3.63, 3.8) is 0 Å². The van der Waals surface area contributed by atoms with Gasteiger partial charge in [0.1, 0.15) is 5.69 Å². The lowest BCUT2D eigenvalue weighted by Crippen LogP contribution is -2.30. The Labute approximate surface area is 236 Å². The van der Waals surface area contributed by atoms with Crippen LogP contribution in [0.1, 0.15) is 19.4 Å². The number of aryl methyl sites for hydroxylation is 1. The zero-order valence-electron chi connectivity index (χ0n) is 22.1. The lowest BCUT2D eigenvalue weighted by atomic mass is 10.2. The third-order valence-corrected chi connectivity index (χ3v) is 9.01. The number of nitrogens with one attached hydrogen (secondary N) is 1. The fourth-order valence-corrected chi connectivity index (χ4v) is 6.34. The number of carbonyl (C=O) groups is 1. The van der Waals surface area contributed by atoms with Crippen LogP contribution in [0.25, 0.3) is 17.1 Å². The second kappa shape index (κ2) is 12.4. The SMILES string of the molecule is CCN(CC)S(=O)(=O)c1cccc(-c2nnc(SCC(=O)Nc3ccc(C)cc3[N+](=O)[O-])n2-c2ccccc2)c1. The summed E-state index contributed by atoms with van der Waals surface area (Å²) in [6, 6.07) is 20.4. The molecule has 3 aromatic carbocycles. The van der Waals surface area contributed by atoms with Gasteiger partial charge >= 0.3 is 0 Å². The Balaban J connectivity index is 1.65. The number of nitrogens with zero attached hydrogens (tertiary/aromatic N) is 5. The van der Waals surface area contributed by atoms with E-state index >= 15 is 0 Å². The molecule has 0 fully saturated rings. The Morgan fingerprint density at radius 1 is 1.02 bits per heavy atom. The number of rotatable bonds is 11. The third-order valence-electron chi connectivity index (χ3n) is 6.04. The van der Waals surface area contributed by atoms with Gasteiger partial charge in [0.05, 0.1) is 15.6 Å². The molecule has 0 aliphatic heterocycles. The first-order valence-electron chi connectivity index (χ1n) is 12.4. The number of nitro benzene ring substituents is 1. The van der Waals surface area contributed by atoms with Crippen LogP contribution >= 0.6 is 11.8 Å². The van der Waals surface area contributed by atoms with Crippen molar-refractivity contribution in [2.24, 2.45) is 0 Å². The molecule has 0 radical (unpaired) electrons. The number of hydrogen-bond acceptors (Lipinski definition) is 8. The smallest absolute Gasteiger partial charge is 0.293 e. The van der Waals surface area contributed by atoms with Gasteiger partial charge < -0.3 is 5.32 Å². The molecule has 1 aromatic heterocycles. The highest BCUT2D eigenvalue weighted by Crippen LogP contribution is 2.30. The first-order chi connectivity index (χ1) is 19.1. The molecule has 4 aromatic rings. The second-order valence-electron chi connectivity index (χ2n) is 8.71. The summed E-state index contributed by atoms with van der Waals surface area (Å²) < 4.78 is 29.4. The van der Waals surface area contributed by atoms with Gasteiger partial charge in [0, 0.05) is 30.4 Å². The minimum absolute atomic E-state index is 0.0909. The topological polar surface area (TPSA) is 140 Å². The van der Waals surface area contributed by atoms with Crippen LogP contribution in [0.3, 0.4) is 0 Å². The number of carbonyl (C=O) groups excluding carboxylic acids is 1. The molecule has 0 aliphatic carbocycles. The molecule has 4 rings (SSSR count). The number of aromatic nitrogens is 3. The van der Waals surface area contributed by atoms with Gasteiger partial charge in [0.2, 0.25) is 15.9 Å². The molecule has 1 heterocycles. The number of thioether (sulfide) groups is 1. The molecule has 0 bridgehead atoms. The van der Waals surface area contributed by atoms with Gasteiger partial charge in [-0.15, -0.1) is 10.2 Å². The predicted molar refractivity (Wildman–Crippen MR) is 154 cm³/mol. The first-order valence-corrected chi connectivity index (χ1v) is 14.9. The number of para-hydroxylation sites is 1. The van der Waals surface area contributed by atoms with E-state index in [0.29, 0.717) is 35.2 Å². The van der Waals surface area contributed by atoms with E-state index in [1.54, 1.807) is 55.7 Å². The largest absolute Gasteiger partial charge is 0.320 e. The van der Waals surface area contributed by atoms with Crippen LogP contribution < -0.4 is 5.32 Å². The number of amides is 1. The van der Waals surface area contributed by atoms with Gasteiger partial charge in [-0.25, -0.2) is 8.42 Å². The summed E-state index contributed by atoms with van der Waals surface area (Å²) >= 11 is 1.11. The molecule has 0 spiro atoms. The lowest BCUT2D eigenvalue weighted by molar-refractivity contribution is -0.384. The van der Waals surface area contributed by atoms with Crippen molar-refractivity contribution in [3.8, 4) is 17.1 Å². The fourth-order valence-electron chi connectivity index (χ4n) is 4.08. The van der Waals surface area contributed by atoms with Crippen molar-refractivity contribution >= 4 is 39.1 Å². The van der Waals surface area contributed by atoms with Crippen molar-refractivity contribution in [1.29, 1.82) is 0 Å². The molecule has 0 saturated heterocycles. The highest BCUT2D eigenvalue weighted by Gasteiger charge is 2.24. The minimum atomic E-state index is -3.70. The standard InChI is InChI=1S/C27H28N6O5S2/c1-4-31(5-2)40(37,38)22-13-9-10-20(17-22)26-29-30-27(32(26)21-11-7-6-8-12-21)39-18-25(34)28-23-15-14-19(3)16-24(23)33(35)36/h6-17H,4-5,18H2,1-3H3,(H,28,34). The Bertz CT molecular complexity index is 1640. The van der Waals surface area contributed by atoms with Gasteiger partial charge in [0.15, 0.2) is 11.0 Å². The van der Waals surface area contributed by atoms with Crippen molar-refractivity contribution in [1.82, 2.24) is 19.1 Å². The fraction of sp³-hybridized carbons (Fsp3) is 0.222. The average molecular weight is 581 g/mol. The second-order valence-corrected chi connectivity index (χ2v) is 11.6. The summed E-state index contributed by atoms with van der Waals surface area (Å²) in [6.07, 6.45) is 0. The van der Waals surface area contributed by atoms with E-state index in [4.69, 9.17) is 0 Å². The Morgan fingerprint density at radius 3 is 2.42 bits per heavy atom. The molecule has 0 atom stereocenters. The molecule has 1 amide bonds. The van der Waals surface area contributed by atoms with Crippen molar-refractivity contribution in [3.05, 3.63) is 88.5 Å². The van der Waals surface area contributed by atoms with E-state index in [9.17, 15) is 23.3 Å². The van der Waals surface area contributed by atoms with Gasteiger partial charge in [-0.05, 0) is 42.8 Å². The van der Waals surface area contributed by atoms with Crippen LogP contribution in [0.5, 0.6) is 0 Å². The number of nitro groups is 1. The summed E-state index contributed by atoms with van der Waals surface area (Å²) in [6.45, 7) is 5.99. The number of benzene rings is 3. The van der Waals surface area contributed by atoms with Crippen molar-refractivity contribution in [2.45, 2.75) is 30.8 Å². The molecule has 1 N–H and O–H groups in total. The molecule has 0 aliphatic rings. The van der Waals surface area contributed by atoms with Crippen molar-refractivity contribution < 1.29 is 18.1 Å². The molecule has 208 valence electrons. The summed E-state index contributed by atoms with van der Waals surface area (Å²) in [5, 5.41) is 23.1. The van der Waals surface area contributed by atoms with E-state index in [2.05, 4.69) is 15.5 Å². The predicted octanol–water partition coefficient (Wildman–Crippen LogP) is 4.91. The van der Waals surface area contributed by atoms with E-state index in [-0.39, 0.29) is 22.0 Å². The molecule has 13 heteroatoms. The molecule has 11 nitrogen and oxygen atoms in total. The normalized spacial score (nSPS) is 11.5. The highest BCUT2D eigenvalue weighted by atomic mass is 32.2. The van der Waals surface area contributed by atoms with E-state index in [0.717, 1.165) is 17.4 Å². The summed E-state index contributed by atoms with van der Waals surface area (Å²) in [5.41, 5.74) is 1.88. The van der Waals surface area contributed by atoms with Crippen LogP contribution in [0.2, 0.25) is 0 Å². The molecule has 40 heavy (non-hydrogen) atoms. The summed E-state index contributed by atoms with van der Waals surface area (Å²) in [7, 11) is -3.70. The minimum Gasteiger partial charge on any atom is -0.320 e. The average Bonchev–Trinajstić information content (AvgIpc) is 3.38. The van der Waals surface area contributed by atoms with Gasteiger partial charge in [-0.2, -0.15) is 4.31 Å². The zero-order chi connectivity index (χ0) is 28.9. The monoisotopic (exact) mass is 580 g/mol. The highest BCUT2D eigenvalue weighted by molar-refractivity contribution is 7.99. The van der Waals surface area contributed by atoms with Gasteiger partial charge in [0.25, 0.3) is 5.69 Å². The number of hydrogen-bond donors (Lipinski definition) is 1. The quantitative estimate of drug-likeness (QED) is 0.150. The maximum Gasteiger partial charge on any atom is 0.293 e. The summed E-state index contributed by atoms with van der Waals surface area (Å²) in [4.78, 5) is 23.8. The Morgan fingerprint density at radius 2 is 1.75 bits per heavy atom. The molecule has 0 saturated carbocycles. The zero-order valence-corrected chi connectivity index (χ0v) is 23.8. The van der Waals surface area contributed by atoms with E-state index in [1.807, 2.05) is 30.3 Å². The van der Waals surface area contributed by atoms with Gasteiger partial charge in [-0.1, -0.05) is 62.0 Å². The lowest BCUT2D eigenvalue weighted by Gasteiger charge is -2.19. The van der Waals surface area contributed by atoms with Crippen LogP contribution in [-0.4, -0.2) is 57.2 Å². The molecule has 0 unspecified atom stereocenters. The molecular weight excluding hydrogens is 552 g/mol. The van der Waals surface area contributed by atoms with Crippen molar-refractivity contribution in [2.75, 3.05) is 24.2 Å². The van der Waals surface area contributed by atoms with Gasteiger partial charge in [-0.3, -0.25) is 19.5 Å². The third kappa shape index (κ3) is 6.22. The Hall–Kier alpha value is -4.07. The number of sulfonamides is 1. The maximum absolute atomic E-state index is 13.1. The first kappa shape index (κ1) is 28.9. The molecular formula is C27H28N6O5S2. The van der Waals surface area contributed by atoms with Crippen LogP contribution in [0.15, 0.2) is 82.8 Å². The van der Waals surface area contributed by atoms with Crippen LogP contribution in [0.4, 0.5) is 11.4 Å². The maximum atomic E-state index is 13.1. The van der Waals surface area contributed by atoms with Crippen LogP contribution in [0, 0.1) is 17.0 Å².